The number of benzene rings is 4. The molecule has 8 aromatic rings. The summed E-state index contributed by atoms with van der Waals surface area (Å²) in [4.78, 5) is 37.6. The molecule has 5 saturated heterocycles. The van der Waals surface area contributed by atoms with Crippen molar-refractivity contribution in [2.75, 3.05) is 90.5 Å². The first-order chi connectivity index (χ1) is 40.2. The Morgan fingerprint density at radius 2 is 1.11 bits per heavy atom. The van der Waals surface area contributed by atoms with E-state index in [0.29, 0.717) is 103 Å². The van der Waals surface area contributed by atoms with Crippen molar-refractivity contribution < 1.29 is 28.5 Å². The third-order valence-corrected chi connectivity index (χ3v) is 16.7. The molecule has 14 rings (SSSR count). The molecule has 4 aromatic carbocycles. The average molecular weight is 1120 g/mol. The van der Waals surface area contributed by atoms with Gasteiger partial charge in [0.05, 0.1) is 35.9 Å². The molecule has 6 fully saturated rings. The molecule has 0 amide bonds. The van der Waals surface area contributed by atoms with Crippen molar-refractivity contribution in [1.82, 2.24) is 50.3 Å². The number of phenols is 2. The van der Waals surface area contributed by atoms with E-state index in [1.807, 2.05) is 26.0 Å². The summed E-state index contributed by atoms with van der Waals surface area (Å²) in [6, 6.07) is 18.2. The third kappa shape index (κ3) is 12.0. The number of likely N-dealkylation sites (tertiary alicyclic amines) is 1. The smallest absolute Gasteiger partial charge is 0.319 e. The fraction of sp³-hybridized carbons (Fsp3) is 0.415. The van der Waals surface area contributed by atoms with Crippen LogP contribution in [-0.2, 0) is 0 Å². The normalized spacial score (nSPS) is 20.3. The minimum atomic E-state index is -0.490. The minimum absolute atomic E-state index is 0.0504. The van der Waals surface area contributed by atoms with Crippen molar-refractivity contribution in [2.24, 2.45) is 5.41 Å². The number of aromatic nitrogens is 6. The maximum Gasteiger partial charge on any atom is 0.319 e. The summed E-state index contributed by atoms with van der Waals surface area (Å²) in [7, 11) is 7.87. The van der Waals surface area contributed by atoms with Crippen LogP contribution in [0.25, 0.3) is 65.9 Å². The van der Waals surface area contributed by atoms with E-state index >= 15 is 0 Å². The van der Waals surface area contributed by atoms with Gasteiger partial charge in [0, 0.05) is 96.6 Å². The molecular weight excluding hydrogens is 1050 g/mol. The topological polar surface area (TPSA) is 173 Å². The van der Waals surface area contributed by atoms with Crippen LogP contribution in [-0.4, -0.2) is 155 Å². The zero-order valence-electron chi connectivity index (χ0n) is 48.1. The van der Waals surface area contributed by atoms with Gasteiger partial charge in [-0.05, 0) is 156 Å². The zero-order valence-corrected chi connectivity index (χ0v) is 48.1. The molecule has 6 aliphatic rings. The molecule has 4 N–H and O–H groups in total. The van der Waals surface area contributed by atoms with Gasteiger partial charge in [0.25, 0.3) is 0 Å². The number of pyridine rings is 2. The molecule has 4 bridgehead atoms. The number of rotatable bonds is 10. The molecule has 83 heavy (non-hydrogen) atoms. The van der Waals surface area contributed by atoms with Crippen LogP contribution in [0.5, 0.6) is 23.5 Å². The van der Waals surface area contributed by atoms with Crippen molar-refractivity contribution in [1.29, 1.82) is 0 Å². The Bertz CT molecular complexity index is 3800. The minimum Gasteiger partial charge on any atom is -0.508 e. The van der Waals surface area contributed by atoms with Crippen molar-refractivity contribution in [2.45, 2.75) is 89.4 Å². The molecule has 3 unspecified atom stereocenters. The number of hydrogen-bond acceptors (Lipinski definition) is 16. The van der Waals surface area contributed by atoms with Crippen LogP contribution in [0.2, 0.25) is 0 Å². The highest BCUT2D eigenvalue weighted by Crippen LogP contribution is 2.47. The Morgan fingerprint density at radius 3 is 1.51 bits per heavy atom. The van der Waals surface area contributed by atoms with Gasteiger partial charge < -0.3 is 49.9 Å². The predicted molar refractivity (Wildman–Crippen MR) is 324 cm³/mol. The molecule has 1 saturated carbocycles. The molecule has 1 aliphatic carbocycles. The van der Waals surface area contributed by atoms with Gasteiger partial charge in [-0.15, -0.1) is 12.8 Å². The van der Waals surface area contributed by atoms with E-state index < -0.39 is 11.6 Å². The van der Waals surface area contributed by atoms with Crippen LogP contribution < -0.4 is 29.9 Å². The molecule has 430 valence electrons. The van der Waals surface area contributed by atoms with Crippen LogP contribution >= 0.6 is 0 Å². The Labute approximate surface area is 483 Å². The Kier molecular flexibility index (Phi) is 16.5. The average Bonchev–Trinajstić information content (AvgIpc) is 2.55. The number of methoxy groups -OCH3 is 1. The standard InChI is InChI=1S/C32H33FN6O2.C26H22FN5O2.C5H11N.C2H6/c1-4-24-26(33)8-5-19-11-23(40)13-25(28(19)24)20-12-27-29(34-14-20)30(39-15-21-6-7-22(16-39)35-21)37-31(36-27)41-18-32(9-10-32)17-38(2)3;1-3-19-21(27)7-4-14-8-18(33)10-20(23(14)19)15-9-22-24(28-11-15)25(31-26(30-22)34-2)32-12-16-5-6-17(13-32)29-16;1-6-4-2-3-5-6;1-2/h1,5,8,11-14,21-22,35,40H,6-7,9-10,15-18H2,2-3H3;1,4,7-11,16-17,29,33H,5-6,12-13H2,2H3;2-5H2,1H3;1-2H3/t21-,22?;;;/m0.../s1. The zero-order chi connectivity index (χ0) is 58.1. The number of phenolic OH excluding ortho intramolecular Hbond substituents is 2. The summed E-state index contributed by atoms with van der Waals surface area (Å²) in [5.74, 6) is 5.58. The second-order valence-electron chi connectivity index (χ2n) is 23.0. The predicted octanol–water partition coefficient (Wildman–Crippen LogP) is 9.69. The summed E-state index contributed by atoms with van der Waals surface area (Å²) in [5, 5.41) is 30.6. The van der Waals surface area contributed by atoms with Gasteiger partial charge in [-0.1, -0.05) is 37.8 Å². The molecular formula is C65H72F2N12O4. The van der Waals surface area contributed by atoms with Gasteiger partial charge in [-0.2, -0.15) is 19.9 Å². The van der Waals surface area contributed by atoms with Crippen LogP contribution in [0, 0.1) is 41.7 Å². The highest BCUT2D eigenvalue weighted by atomic mass is 19.1. The van der Waals surface area contributed by atoms with Crippen molar-refractivity contribution in [3.8, 4) is 70.5 Å². The van der Waals surface area contributed by atoms with Crippen LogP contribution in [0.1, 0.15) is 76.3 Å². The molecule has 0 spiro atoms. The Hall–Kier alpha value is -8.00. The molecule has 4 aromatic heterocycles. The van der Waals surface area contributed by atoms with Crippen molar-refractivity contribution >= 4 is 55.2 Å². The fourth-order valence-electron chi connectivity index (χ4n) is 12.7. The number of ether oxygens (including phenoxy) is 2. The van der Waals surface area contributed by atoms with Crippen LogP contribution in [0.3, 0.4) is 0 Å². The second-order valence-corrected chi connectivity index (χ2v) is 23.0. The lowest BCUT2D eigenvalue weighted by Crippen LogP contribution is -2.51. The summed E-state index contributed by atoms with van der Waals surface area (Å²) in [6.45, 7) is 11.5. The maximum absolute atomic E-state index is 14.7. The fourth-order valence-corrected chi connectivity index (χ4v) is 12.7. The van der Waals surface area contributed by atoms with Crippen molar-refractivity contribution in [3.63, 3.8) is 0 Å². The van der Waals surface area contributed by atoms with Gasteiger partial charge in [0.1, 0.15) is 34.2 Å². The highest BCUT2D eigenvalue weighted by molar-refractivity contribution is 6.04. The van der Waals surface area contributed by atoms with E-state index in [4.69, 9.17) is 42.3 Å². The Morgan fingerprint density at radius 1 is 0.663 bits per heavy atom. The first kappa shape index (κ1) is 56.8. The van der Waals surface area contributed by atoms with E-state index in [2.05, 4.69) is 73.2 Å². The summed E-state index contributed by atoms with van der Waals surface area (Å²) >= 11 is 0. The quantitative estimate of drug-likeness (QED) is 0.0953. The number of hydrogen-bond donors (Lipinski definition) is 4. The van der Waals surface area contributed by atoms with Gasteiger partial charge in [0.15, 0.2) is 11.6 Å². The number of piperazine rings is 2. The number of nitrogens with zero attached hydrogens (tertiary/aromatic N) is 10. The third-order valence-electron chi connectivity index (χ3n) is 16.7. The molecule has 5 aliphatic heterocycles. The van der Waals surface area contributed by atoms with Gasteiger partial charge in [0.2, 0.25) is 0 Å². The Balaban J connectivity index is 0.000000155. The number of halogens is 2. The van der Waals surface area contributed by atoms with Gasteiger partial charge in [-0.25, -0.2) is 8.78 Å². The molecule has 18 heteroatoms. The molecule has 0 radical (unpaired) electrons. The maximum atomic E-state index is 14.7. The SMILES string of the molecule is C#Cc1c(F)ccc2cc(O)cc(-c3cnc4c(N5CC6CCC(C5)N6)nc(OC)nc4c3)c12.C#Cc1c(F)ccc2cc(O)cc(-c3cnc4c(N5CC6CC[C@@H](C5)N6)nc(OCC5(CN(C)C)CC5)nc4c3)c12.CC.CN1CCCC1. The first-order valence-corrected chi connectivity index (χ1v) is 29.0. The summed E-state index contributed by atoms with van der Waals surface area (Å²) in [5.41, 5.74) is 5.49. The first-order valence-electron chi connectivity index (χ1n) is 29.0. The molecule has 16 nitrogen and oxygen atoms in total. The van der Waals surface area contributed by atoms with E-state index in [1.165, 1.54) is 45.2 Å². The van der Waals surface area contributed by atoms with Crippen LogP contribution in [0.4, 0.5) is 20.4 Å². The number of nitrogens with one attached hydrogen (secondary N) is 2. The van der Waals surface area contributed by atoms with Gasteiger partial charge in [-0.3, -0.25) is 9.97 Å². The van der Waals surface area contributed by atoms with E-state index in [1.54, 1.807) is 48.8 Å². The lowest BCUT2D eigenvalue weighted by molar-refractivity contribution is 0.183. The van der Waals surface area contributed by atoms with Crippen molar-refractivity contribution in [3.05, 3.63) is 95.8 Å². The number of aromatic hydroxyl groups is 2. The molecule has 9 heterocycles. The second kappa shape index (κ2) is 24.1. The largest absolute Gasteiger partial charge is 0.508 e. The van der Waals surface area contributed by atoms with Crippen LogP contribution in [0.15, 0.2) is 73.1 Å². The highest BCUT2D eigenvalue weighted by Gasteiger charge is 2.44. The van der Waals surface area contributed by atoms with E-state index in [0.717, 1.165) is 82.9 Å². The van der Waals surface area contributed by atoms with E-state index in [-0.39, 0.29) is 34.1 Å². The number of anilines is 2. The molecule has 4 atom stereocenters. The number of fused-ring (bicyclic) bond motifs is 8. The van der Waals surface area contributed by atoms with E-state index in [9.17, 15) is 19.0 Å². The summed E-state index contributed by atoms with van der Waals surface area (Å²) in [6.07, 6.45) is 24.5. The summed E-state index contributed by atoms with van der Waals surface area (Å²) < 4.78 is 41.0. The lowest BCUT2D eigenvalue weighted by atomic mass is 9.94. The number of terminal acetylenes is 2. The lowest BCUT2D eigenvalue weighted by Gasteiger charge is -2.34. The monoisotopic (exact) mass is 1120 g/mol. The van der Waals surface area contributed by atoms with Gasteiger partial charge >= 0.3 is 12.0 Å².